The van der Waals surface area contributed by atoms with E-state index in [9.17, 15) is 4.79 Å². The van der Waals surface area contributed by atoms with Crippen molar-refractivity contribution >= 4 is 29.4 Å². The Hall–Kier alpha value is -2.78. The van der Waals surface area contributed by atoms with Crippen molar-refractivity contribution in [2.75, 3.05) is 12.4 Å². The van der Waals surface area contributed by atoms with Crippen molar-refractivity contribution in [2.24, 2.45) is 0 Å². The van der Waals surface area contributed by atoms with Gasteiger partial charge in [0.2, 0.25) is 0 Å². The number of carbonyl (C=O) groups excluding carboxylic acids is 1. The number of hydrogen-bond donors (Lipinski definition) is 1. The smallest absolute Gasteiger partial charge is 0.267 e. The summed E-state index contributed by atoms with van der Waals surface area (Å²) in [5.41, 5.74) is 0.524. The molecule has 0 bridgehead atoms. The van der Waals surface area contributed by atoms with Crippen molar-refractivity contribution in [2.45, 2.75) is 6.92 Å². The highest BCUT2D eigenvalue weighted by molar-refractivity contribution is 6.32. The normalized spacial score (nSPS) is 10.9. The summed E-state index contributed by atoms with van der Waals surface area (Å²) in [5.74, 6) is 0.735. The maximum Gasteiger partial charge on any atom is 0.267 e. The minimum Gasteiger partial charge on any atom is -0.495 e. The van der Waals surface area contributed by atoms with E-state index >= 15 is 0 Å². The van der Waals surface area contributed by atoms with Gasteiger partial charge in [-0.2, -0.15) is 5.26 Å². The lowest BCUT2D eigenvalue weighted by Crippen LogP contribution is -2.13. The second-order valence-corrected chi connectivity index (χ2v) is 4.75. The largest absolute Gasteiger partial charge is 0.495 e. The number of aryl methyl sites for hydroxylation is 1. The number of aromatic nitrogens is 1. The van der Waals surface area contributed by atoms with E-state index < -0.39 is 5.91 Å². The Morgan fingerprint density at radius 3 is 2.82 bits per heavy atom. The second-order valence-electron chi connectivity index (χ2n) is 4.34. The number of nitriles is 1. The van der Waals surface area contributed by atoms with Gasteiger partial charge in [0, 0.05) is 6.07 Å². The Morgan fingerprint density at radius 1 is 1.50 bits per heavy atom. The van der Waals surface area contributed by atoms with Gasteiger partial charge in [0.15, 0.2) is 5.82 Å². The van der Waals surface area contributed by atoms with Gasteiger partial charge in [0.25, 0.3) is 5.91 Å². The predicted octanol–water partition coefficient (Wildman–Crippen LogP) is 3.19. The molecule has 22 heavy (non-hydrogen) atoms. The lowest BCUT2D eigenvalue weighted by molar-refractivity contribution is -0.112. The van der Waals surface area contributed by atoms with Crippen LogP contribution in [0.4, 0.5) is 5.82 Å². The molecule has 1 N–H and O–H groups in total. The van der Waals surface area contributed by atoms with Gasteiger partial charge in [-0.15, -0.1) is 0 Å². The minimum absolute atomic E-state index is 0.0816. The van der Waals surface area contributed by atoms with Gasteiger partial charge in [-0.05, 0) is 30.7 Å². The Balaban J connectivity index is 2.21. The van der Waals surface area contributed by atoms with Crippen LogP contribution in [-0.2, 0) is 4.79 Å². The van der Waals surface area contributed by atoms with Crippen molar-refractivity contribution in [3.63, 3.8) is 0 Å². The molecule has 0 fully saturated rings. The number of nitrogens with zero attached hydrogens (tertiary/aromatic N) is 2. The molecule has 1 aromatic carbocycles. The lowest BCUT2D eigenvalue weighted by atomic mass is 10.1. The van der Waals surface area contributed by atoms with Crippen molar-refractivity contribution < 1.29 is 14.1 Å². The van der Waals surface area contributed by atoms with E-state index in [0.717, 1.165) is 0 Å². The maximum absolute atomic E-state index is 12.0. The SMILES string of the molecule is COc1ccc(/C=C(/C#N)C(=O)Nc2cc(C)on2)cc1Cl. The first-order valence-corrected chi connectivity index (χ1v) is 6.61. The maximum atomic E-state index is 12.0. The van der Waals surface area contributed by atoms with Gasteiger partial charge in [0.05, 0.1) is 12.1 Å². The van der Waals surface area contributed by atoms with Crippen LogP contribution < -0.4 is 10.1 Å². The molecule has 0 aliphatic rings. The van der Waals surface area contributed by atoms with Gasteiger partial charge in [-0.1, -0.05) is 22.8 Å². The summed E-state index contributed by atoms with van der Waals surface area (Å²) in [4.78, 5) is 12.0. The van der Waals surface area contributed by atoms with Crippen LogP contribution in [0.3, 0.4) is 0 Å². The molecule has 0 unspecified atom stereocenters. The monoisotopic (exact) mass is 317 g/mol. The fraction of sp³-hybridized carbons (Fsp3) is 0.133. The van der Waals surface area contributed by atoms with Crippen LogP contribution >= 0.6 is 11.6 Å². The topological polar surface area (TPSA) is 88.1 Å². The number of rotatable bonds is 4. The molecular formula is C15H12ClN3O3. The highest BCUT2D eigenvalue weighted by Gasteiger charge is 2.12. The number of amides is 1. The number of ether oxygens (including phenoxy) is 1. The molecule has 2 rings (SSSR count). The molecule has 0 radical (unpaired) electrons. The van der Waals surface area contributed by atoms with E-state index in [1.165, 1.54) is 13.2 Å². The summed E-state index contributed by atoms with van der Waals surface area (Å²) in [6, 6.07) is 8.34. The van der Waals surface area contributed by atoms with Gasteiger partial charge < -0.3 is 14.6 Å². The van der Waals surface area contributed by atoms with Crippen LogP contribution in [0.1, 0.15) is 11.3 Å². The number of methoxy groups -OCH3 is 1. The third kappa shape index (κ3) is 3.65. The van der Waals surface area contributed by atoms with E-state index in [1.807, 2.05) is 6.07 Å². The second kappa shape index (κ2) is 6.78. The predicted molar refractivity (Wildman–Crippen MR) is 81.5 cm³/mol. The van der Waals surface area contributed by atoms with Crippen LogP contribution in [0.15, 0.2) is 34.4 Å². The molecule has 0 aliphatic heterocycles. The number of halogens is 1. The van der Waals surface area contributed by atoms with Gasteiger partial charge in [-0.3, -0.25) is 4.79 Å². The number of hydrogen-bond acceptors (Lipinski definition) is 5. The molecule has 1 heterocycles. The van der Waals surface area contributed by atoms with E-state index in [-0.39, 0.29) is 11.4 Å². The highest BCUT2D eigenvalue weighted by atomic mass is 35.5. The molecule has 1 amide bonds. The Morgan fingerprint density at radius 2 is 2.27 bits per heavy atom. The molecule has 7 heteroatoms. The Kier molecular flexibility index (Phi) is 4.81. The molecule has 6 nitrogen and oxygen atoms in total. The summed E-state index contributed by atoms with van der Waals surface area (Å²) >= 11 is 6.01. The molecule has 112 valence electrons. The van der Waals surface area contributed by atoms with Crippen LogP contribution in [-0.4, -0.2) is 18.2 Å². The first-order chi connectivity index (χ1) is 10.5. The van der Waals surface area contributed by atoms with Crippen molar-refractivity contribution in [3.05, 3.63) is 46.2 Å². The van der Waals surface area contributed by atoms with Crippen LogP contribution in [0, 0.1) is 18.3 Å². The molecule has 0 atom stereocenters. The molecule has 0 spiro atoms. The van der Waals surface area contributed by atoms with Crippen LogP contribution in [0.5, 0.6) is 5.75 Å². The van der Waals surface area contributed by atoms with Gasteiger partial charge >= 0.3 is 0 Å². The van der Waals surface area contributed by atoms with Gasteiger partial charge in [-0.25, -0.2) is 0 Å². The summed E-state index contributed by atoms with van der Waals surface area (Å²) < 4.78 is 9.88. The first kappa shape index (κ1) is 15.6. The number of nitrogens with one attached hydrogen (secondary N) is 1. The third-order valence-corrected chi connectivity index (χ3v) is 3.02. The molecule has 0 saturated heterocycles. The zero-order chi connectivity index (χ0) is 16.1. The minimum atomic E-state index is -0.581. The van der Waals surface area contributed by atoms with Crippen LogP contribution in [0.2, 0.25) is 5.02 Å². The molecule has 0 aliphatic carbocycles. The van der Waals surface area contributed by atoms with Crippen molar-refractivity contribution in [1.82, 2.24) is 5.16 Å². The van der Waals surface area contributed by atoms with E-state index in [4.69, 9.17) is 26.1 Å². The summed E-state index contributed by atoms with van der Waals surface area (Å²) in [7, 11) is 1.50. The molecule has 2 aromatic rings. The Labute approximate surface area is 131 Å². The third-order valence-electron chi connectivity index (χ3n) is 2.72. The van der Waals surface area contributed by atoms with E-state index in [1.54, 1.807) is 31.2 Å². The Bertz CT molecular complexity index is 775. The summed E-state index contributed by atoms with van der Waals surface area (Å²) in [6.45, 7) is 1.70. The fourth-order valence-corrected chi connectivity index (χ4v) is 1.96. The average Bonchev–Trinajstić information content (AvgIpc) is 2.90. The standard InChI is InChI=1S/C15H12ClN3O3/c1-9-5-14(19-22-9)18-15(20)11(8-17)6-10-3-4-13(21-2)12(16)7-10/h3-7H,1-2H3,(H,18,19,20)/b11-6-. The molecular weight excluding hydrogens is 306 g/mol. The van der Waals surface area contributed by atoms with E-state index in [2.05, 4.69) is 10.5 Å². The highest BCUT2D eigenvalue weighted by Crippen LogP contribution is 2.26. The van der Waals surface area contributed by atoms with E-state index in [0.29, 0.717) is 22.1 Å². The zero-order valence-electron chi connectivity index (χ0n) is 11.9. The lowest BCUT2D eigenvalue weighted by Gasteiger charge is -2.04. The number of anilines is 1. The number of benzene rings is 1. The number of carbonyl (C=O) groups is 1. The summed E-state index contributed by atoms with van der Waals surface area (Å²) in [5, 5.41) is 15.6. The zero-order valence-corrected chi connectivity index (χ0v) is 12.6. The molecule has 0 saturated carbocycles. The molecule has 1 aromatic heterocycles. The quantitative estimate of drug-likeness (QED) is 0.691. The van der Waals surface area contributed by atoms with Crippen molar-refractivity contribution in [1.29, 1.82) is 5.26 Å². The average molecular weight is 318 g/mol. The van der Waals surface area contributed by atoms with Crippen LogP contribution in [0.25, 0.3) is 6.08 Å². The first-order valence-electron chi connectivity index (χ1n) is 6.23. The van der Waals surface area contributed by atoms with Gasteiger partial charge in [0.1, 0.15) is 23.2 Å². The fourth-order valence-electron chi connectivity index (χ4n) is 1.70. The summed E-state index contributed by atoms with van der Waals surface area (Å²) in [6.07, 6.45) is 1.42. The van der Waals surface area contributed by atoms with Crippen molar-refractivity contribution in [3.8, 4) is 11.8 Å².